The maximum atomic E-state index is 9.13. The number of aliphatic hydroxyl groups is 1. The maximum absolute atomic E-state index is 9.13. The minimum Gasteiger partial charge on any atom is -0.396 e. The first-order valence-corrected chi connectivity index (χ1v) is 8.34. The molecule has 0 amide bonds. The molecule has 1 aliphatic rings. The maximum Gasteiger partial charge on any atom is 0.268 e. The molecule has 0 saturated carbocycles. The number of hydrogen-bond donors (Lipinski definition) is 3. The second kappa shape index (κ2) is 7.92. The van der Waals surface area contributed by atoms with Crippen LogP contribution in [0.5, 0.6) is 0 Å². The summed E-state index contributed by atoms with van der Waals surface area (Å²) in [5.41, 5.74) is 3.04. The summed E-state index contributed by atoms with van der Waals surface area (Å²) in [5, 5.41) is 16.1. The number of aliphatic imine (C=N–C) groups is 1. The zero-order valence-corrected chi connectivity index (χ0v) is 14.3. The Bertz CT molecular complexity index is 732. The van der Waals surface area contributed by atoms with Crippen molar-refractivity contribution in [3.8, 4) is 0 Å². The molecule has 0 fully saturated rings. The summed E-state index contributed by atoms with van der Waals surface area (Å²) in [4.78, 5) is 10.8. The first-order chi connectivity index (χ1) is 12.2. The van der Waals surface area contributed by atoms with Gasteiger partial charge in [-0.1, -0.05) is 18.2 Å². The summed E-state index contributed by atoms with van der Waals surface area (Å²) in [6.45, 7) is 0.760. The molecule has 1 atom stereocenters. The third-order valence-electron chi connectivity index (χ3n) is 4.12. The Morgan fingerprint density at radius 1 is 1.12 bits per heavy atom. The molecule has 0 saturated heterocycles. The molecule has 130 valence electrons. The van der Waals surface area contributed by atoms with Crippen LogP contribution in [0.15, 0.2) is 65.9 Å². The SMILES string of the molecule is CN1C(c2ccncc2)=CC=NC1(NCCCO)Nc1ccccc1. The molecule has 3 N–H and O–H groups in total. The zero-order chi connectivity index (χ0) is 17.5. The second-order valence-corrected chi connectivity index (χ2v) is 5.79. The summed E-state index contributed by atoms with van der Waals surface area (Å²) in [7, 11) is 1.99. The molecular formula is C19H23N5O. The number of nitrogens with zero attached hydrogens (tertiary/aromatic N) is 3. The van der Waals surface area contributed by atoms with E-state index in [2.05, 4.69) is 25.5 Å². The van der Waals surface area contributed by atoms with Crippen molar-refractivity contribution >= 4 is 17.6 Å². The van der Waals surface area contributed by atoms with Crippen molar-refractivity contribution < 1.29 is 5.11 Å². The van der Waals surface area contributed by atoms with Crippen LogP contribution >= 0.6 is 0 Å². The van der Waals surface area contributed by atoms with Crippen LogP contribution in [-0.2, 0) is 0 Å². The molecule has 6 nitrogen and oxygen atoms in total. The lowest BCUT2D eigenvalue weighted by atomic mass is 10.1. The summed E-state index contributed by atoms with van der Waals surface area (Å²) >= 11 is 0. The molecule has 2 heterocycles. The molecule has 6 heteroatoms. The standard InChI is InChI=1S/C19H23N5O/c1-24-18(16-8-12-20-13-9-16)10-14-22-19(24,21-11-5-15-25)23-17-6-3-2-4-7-17/h2-4,6-10,12-14,21,23,25H,5,11,15H2,1H3. The molecule has 1 aromatic heterocycles. The minimum atomic E-state index is -0.829. The van der Waals surface area contributed by atoms with Gasteiger partial charge in [-0.3, -0.25) is 10.3 Å². The van der Waals surface area contributed by atoms with Gasteiger partial charge in [-0.05, 0) is 36.8 Å². The smallest absolute Gasteiger partial charge is 0.268 e. The van der Waals surface area contributed by atoms with E-state index in [4.69, 9.17) is 5.11 Å². The summed E-state index contributed by atoms with van der Waals surface area (Å²) in [6.07, 6.45) is 7.99. The van der Waals surface area contributed by atoms with Gasteiger partial charge in [0.2, 0.25) is 0 Å². The van der Waals surface area contributed by atoms with Crippen molar-refractivity contribution in [1.29, 1.82) is 0 Å². The van der Waals surface area contributed by atoms with Crippen molar-refractivity contribution in [3.63, 3.8) is 0 Å². The molecule has 3 rings (SSSR count). The number of rotatable bonds is 7. The van der Waals surface area contributed by atoms with E-state index in [0.717, 1.165) is 16.9 Å². The topological polar surface area (TPSA) is 72.8 Å². The fraction of sp³-hybridized carbons (Fsp3) is 0.263. The molecule has 0 aliphatic carbocycles. The van der Waals surface area contributed by atoms with Crippen LogP contribution < -0.4 is 10.6 Å². The Balaban J connectivity index is 1.91. The number of pyridine rings is 1. The highest BCUT2D eigenvalue weighted by atomic mass is 16.3. The van der Waals surface area contributed by atoms with Crippen LogP contribution in [0, 0.1) is 0 Å². The normalized spacial score (nSPS) is 19.6. The molecule has 1 unspecified atom stereocenters. The predicted molar refractivity (Wildman–Crippen MR) is 101 cm³/mol. The van der Waals surface area contributed by atoms with Crippen molar-refractivity contribution in [2.45, 2.75) is 12.3 Å². The van der Waals surface area contributed by atoms with Gasteiger partial charge in [-0.25, -0.2) is 4.99 Å². The Hall–Kier alpha value is -2.70. The number of aliphatic hydroxyl groups excluding tert-OH is 1. The zero-order valence-electron chi connectivity index (χ0n) is 14.3. The van der Waals surface area contributed by atoms with Crippen molar-refractivity contribution in [3.05, 3.63) is 66.5 Å². The number of nitrogens with one attached hydrogen (secondary N) is 2. The molecule has 0 spiro atoms. The molecule has 2 aromatic rings. The lowest BCUT2D eigenvalue weighted by molar-refractivity contribution is 0.176. The fourth-order valence-electron chi connectivity index (χ4n) is 2.79. The summed E-state index contributed by atoms with van der Waals surface area (Å²) in [5.74, 6) is -0.829. The van der Waals surface area contributed by atoms with Crippen molar-refractivity contribution in [2.75, 3.05) is 25.5 Å². The van der Waals surface area contributed by atoms with Crippen LogP contribution in [0.2, 0.25) is 0 Å². The first kappa shape index (κ1) is 17.1. The average molecular weight is 337 g/mol. The largest absolute Gasteiger partial charge is 0.396 e. The van der Waals surface area contributed by atoms with Crippen LogP contribution in [-0.4, -0.2) is 47.3 Å². The number of para-hydroxylation sites is 1. The van der Waals surface area contributed by atoms with Gasteiger partial charge in [0.25, 0.3) is 5.91 Å². The highest BCUT2D eigenvalue weighted by Crippen LogP contribution is 2.29. The molecule has 0 bridgehead atoms. The van der Waals surface area contributed by atoms with Gasteiger partial charge < -0.3 is 15.3 Å². The molecule has 25 heavy (non-hydrogen) atoms. The number of anilines is 1. The van der Waals surface area contributed by atoms with E-state index in [9.17, 15) is 0 Å². The van der Waals surface area contributed by atoms with Gasteiger partial charge >= 0.3 is 0 Å². The lowest BCUT2D eigenvalue weighted by Crippen LogP contribution is -2.62. The van der Waals surface area contributed by atoms with Gasteiger partial charge in [0.1, 0.15) is 0 Å². The van der Waals surface area contributed by atoms with Crippen LogP contribution in [0.3, 0.4) is 0 Å². The van der Waals surface area contributed by atoms with Gasteiger partial charge in [-0.2, -0.15) is 0 Å². The Morgan fingerprint density at radius 2 is 1.88 bits per heavy atom. The Labute approximate surface area is 147 Å². The van der Waals surface area contributed by atoms with E-state index in [1.54, 1.807) is 18.6 Å². The van der Waals surface area contributed by atoms with E-state index in [1.807, 2.05) is 55.6 Å². The molecule has 1 aliphatic heterocycles. The Morgan fingerprint density at radius 3 is 2.60 bits per heavy atom. The first-order valence-electron chi connectivity index (χ1n) is 8.34. The lowest BCUT2D eigenvalue weighted by Gasteiger charge is -2.44. The van der Waals surface area contributed by atoms with E-state index in [1.165, 1.54) is 0 Å². The van der Waals surface area contributed by atoms with Gasteiger partial charge in [0, 0.05) is 55.8 Å². The third-order valence-corrected chi connectivity index (χ3v) is 4.12. The van der Waals surface area contributed by atoms with Gasteiger partial charge in [0.05, 0.1) is 0 Å². The number of hydrogen-bond acceptors (Lipinski definition) is 6. The monoisotopic (exact) mass is 337 g/mol. The minimum absolute atomic E-state index is 0.134. The van der Waals surface area contributed by atoms with Crippen LogP contribution in [0.25, 0.3) is 5.70 Å². The third kappa shape index (κ3) is 3.87. The van der Waals surface area contributed by atoms with Crippen molar-refractivity contribution in [2.24, 2.45) is 4.99 Å². The van der Waals surface area contributed by atoms with E-state index >= 15 is 0 Å². The number of benzene rings is 1. The second-order valence-electron chi connectivity index (χ2n) is 5.79. The summed E-state index contributed by atoms with van der Waals surface area (Å²) in [6, 6.07) is 13.9. The predicted octanol–water partition coefficient (Wildman–Crippen LogP) is 2.13. The number of allylic oxidation sites excluding steroid dienone is 1. The van der Waals surface area contributed by atoms with Gasteiger partial charge in [0.15, 0.2) is 0 Å². The van der Waals surface area contributed by atoms with E-state index in [0.29, 0.717) is 13.0 Å². The fourth-order valence-corrected chi connectivity index (χ4v) is 2.79. The molecular weight excluding hydrogens is 314 g/mol. The highest BCUT2D eigenvalue weighted by Gasteiger charge is 2.36. The average Bonchev–Trinajstić information content (AvgIpc) is 2.66. The molecule has 0 radical (unpaired) electrons. The Kier molecular flexibility index (Phi) is 5.42. The summed E-state index contributed by atoms with van der Waals surface area (Å²) < 4.78 is 0. The number of aromatic nitrogens is 1. The quantitative estimate of drug-likeness (QED) is 0.533. The molecule has 1 aromatic carbocycles. The van der Waals surface area contributed by atoms with Gasteiger partial charge in [-0.15, -0.1) is 0 Å². The van der Waals surface area contributed by atoms with Crippen molar-refractivity contribution in [1.82, 2.24) is 15.2 Å². The van der Waals surface area contributed by atoms with E-state index in [-0.39, 0.29) is 6.61 Å². The van der Waals surface area contributed by atoms with Crippen LogP contribution in [0.4, 0.5) is 5.69 Å². The van der Waals surface area contributed by atoms with E-state index < -0.39 is 5.91 Å². The van der Waals surface area contributed by atoms with Crippen LogP contribution in [0.1, 0.15) is 12.0 Å². The highest BCUT2D eigenvalue weighted by molar-refractivity contribution is 5.86.